The molecule has 2 rings (SSSR count). The largest absolute Gasteiger partial charge is 0.383 e. The van der Waals surface area contributed by atoms with E-state index in [1.54, 1.807) is 6.20 Å². The first kappa shape index (κ1) is 11.4. The Morgan fingerprint density at radius 1 is 1.31 bits per heavy atom. The van der Waals surface area contributed by atoms with Crippen LogP contribution in [0.2, 0.25) is 0 Å². The molecule has 0 aliphatic heterocycles. The Balaban J connectivity index is 2.35. The van der Waals surface area contributed by atoms with Crippen LogP contribution in [-0.2, 0) is 0 Å². The van der Waals surface area contributed by atoms with Crippen molar-refractivity contribution in [1.29, 1.82) is 0 Å². The molecule has 0 saturated heterocycles. The van der Waals surface area contributed by atoms with E-state index < -0.39 is 0 Å². The lowest BCUT2D eigenvalue weighted by Crippen LogP contribution is -2.11. The summed E-state index contributed by atoms with van der Waals surface area (Å²) in [6.45, 7) is 4.18. The molecule has 1 aromatic carbocycles. The van der Waals surface area contributed by atoms with Crippen molar-refractivity contribution < 1.29 is 0 Å². The SMILES string of the molecule is Cc1ccc(C(C)n2ncc(I)c2N)cc1. The predicted molar refractivity (Wildman–Crippen MR) is 74.3 cm³/mol. The van der Waals surface area contributed by atoms with E-state index in [2.05, 4.69) is 65.8 Å². The van der Waals surface area contributed by atoms with Gasteiger partial charge in [-0.2, -0.15) is 5.10 Å². The molecular formula is C12H14IN3. The number of nitrogens with two attached hydrogens (primary N) is 1. The maximum absolute atomic E-state index is 5.96. The van der Waals surface area contributed by atoms with Gasteiger partial charge in [0, 0.05) is 0 Å². The average Bonchev–Trinajstić information content (AvgIpc) is 2.60. The summed E-state index contributed by atoms with van der Waals surface area (Å²) >= 11 is 2.19. The minimum absolute atomic E-state index is 0.170. The van der Waals surface area contributed by atoms with Crippen molar-refractivity contribution in [1.82, 2.24) is 9.78 Å². The van der Waals surface area contributed by atoms with Gasteiger partial charge >= 0.3 is 0 Å². The van der Waals surface area contributed by atoms with Crippen LogP contribution in [0.1, 0.15) is 24.1 Å². The van der Waals surface area contributed by atoms with Crippen LogP contribution in [0.3, 0.4) is 0 Å². The maximum atomic E-state index is 5.96. The molecular weight excluding hydrogens is 313 g/mol. The van der Waals surface area contributed by atoms with Crippen LogP contribution in [-0.4, -0.2) is 9.78 Å². The number of anilines is 1. The molecule has 0 spiro atoms. The Morgan fingerprint density at radius 3 is 2.44 bits per heavy atom. The number of benzene rings is 1. The van der Waals surface area contributed by atoms with E-state index in [4.69, 9.17) is 5.73 Å². The zero-order chi connectivity index (χ0) is 11.7. The number of aryl methyl sites for hydroxylation is 1. The molecule has 0 aliphatic rings. The quantitative estimate of drug-likeness (QED) is 0.862. The number of hydrogen-bond acceptors (Lipinski definition) is 2. The Morgan fingerprint density at radius 2 is 1.94 bits per heavy atom. The zero-order valence-corrected chi connectivity index (χ0v) is 11.5. The fourth-order valence-electron chi connectivity index (χ4n) is 1.65. The van der Waals surface area contributed by atoms with Crippen molar-refractivity contribution in [3.05, 3.63) is 45.2 Å². The second kappa shape index (κ2) is 4.45. The number of halogens is 1. The van der Waals surface area contributed by atoms with Crippen LogP contribution in [0.4, 0.5) is 5.82 Å². The molecule has 1 heterocycles. The highest BCUT2D eigenvalue weighted by atomic mass is 127. The van der Waals surface area contributed by atoms with E-state index in [-0.39, 0.29) is 6.04 Å². The van der Waals surface area contributed by atoms with E-state index in [1.807, 2.05) is 4.68 Å². The first-order chi connectivity index (χ1) is 7.59. The second-order valence-electron chi connectivity index (χ2n) is 3.91. The lowest BCUT2D eigenvalue weighted by Gasteiger charge is -2.14. The molecule has 1 atom stereocenters. The molecule has 0 amide bonds. The summed E-state index contributed by atoms with van der Waals surface area (Å²) in [7, 11) is 0. The van der Waals surface area contributed by atoms with Crippen molar-refractivity contribution in [3.8, 4) is 0 Å². The number of rotatable bonds is 2. The van der Waals surface area contributed by atoms with E-state index in [1.165, 1.54) is 11.1 Å². The van der Waals surface area contributed by atoms with Crippen molar-refractivity contribution in [2.45, 2.75) is 19.9 Å². The molecule has 0 saturated carbocycles. The smallest absolute Gasteiger partial charge is 0.135 e. The lowest BCUT2D eigenvalue weighted by atomic mass is 10.1. The van der Waals surface area contributed by atoms with Crippen LogP contribution in [0.15, 0.2) is 30.5 Å². The van der Waals surface area contributed by atoms with Gasteiger partial charge in [-0.25, -0.2) is 4.68 Å². The Kier molecular flexibility index (Phi) is 3.18. The average molecular weight is 327 g/mol. The zero-order valence-electron chi connectivity index (χ0n) is 9.31. The van der Waals surface area contributed by atoms with Crippen molar-refractivity contribution in [3.63, 3.8) is 0 Å². The standard InChI is InChI=1S/C12H14IN3/c1-8-3-5-10(6-4-8)9(2)16-12(14)11(13)7-15-16/h3-7,9H,14H2,1-2H3. The van der Waals surface area contributed by atoms with Gasteiger partial charge in [0.2, 0.25) is 0 Å². The van der Waals surface area contributed by atoms with Gasteiger partial charge in [0.05, 0.1) is 15.8 Å². The van der Waals surface area contributed by atoms with E-state index in [9.17, 15) is 0 Å². The molecule has 0 aliphatic carbocycles. The van der Waals surface area contributed by atoms with Gasteiger partial charge in [-0.15, -0.1) is 0 Å². The summed E-state index contributed by atoms with van der Waals surface area (Å²) in [5, 5.41) is 4.30. The van der Waals surface area contributed by atoms with Gasteiger partial charge in [-0.3, -0.25) is 0 Å². The highest BCUT2D eigenvalue weighted by molar-refractivity contribution is 14.1. The van der Waals surface area contributed by atoms with Gasteiger partial charge in [0.1, 0.15) is 5.82 Å². The van der Waals surface area contributed by atoms with Crippen LogP contribution < -0.4 is 5.73 Å². The molecule has 4 heteroatoms. The van der Waals surface area contributed by atoms with Crippen LogP contribution in [0.25, 0.3) is 0 Å². The Labute approximate surface area is 109 Å². The molecule has 0 bridgehead atoms. The first-order valence-corrected chi connectivity index (χ1v) is 6.22. The van der Waals surface area contributed by atoms with E-state index in [0.29, 0.717) is 0 Å². The monoisotopic (exact) mass is 327 g/mol. The highest BCUT2D eigenvalue weighted by Crippen LogP contribution is 2.23. The lowest BCUT2D eigenvalue weighted by molar-refractivity contribution is 0.573. The summed E-state index contributed by atoms with van der Waals surface area (Å²) in [5.74, 6) is 0.730. The Hall–Kier alpha value is -1.04. The normalized spacial score (nSPS) is 12.7. The van der Waals surface area contributed by atoms with Gasteiger partial charge < -0.3 is 5.73 Å². The molecule has 0 fully saturated rings. The number of nitrogen functional groups attached to an aromatic ring is 1. The fourth-order valence-corrected chi connectivity index (χ4v) is 2.02. The molecule has 3 nitrogen and oxygen atoms in total. The highest BCUT2D eigenvalue weighted by Gasteiger charge is 2.12. The minimum Gasteiger partial charge on any atom is -0.383 e. The summed E-state index contributed by atoms with van der Waals surface area (Å²) in [4.78, 5) is 0. The molecule has 1 aromatic heterocycles. The number of hydrogen-bond donors (Lipinski definition) is 1. The first-order valence-electron chi connectivity index (χ1n) is 5.14. The third kappa shape index (κ3) is 2.07. The summed E-state index contributed by atoms with van der Waals surface area (Å²) in [6.07, 6.45) is 1.79. The van der Waals surface area contributed by atoms with Crippen LogP contribution in [0.5, 0.6) is 0 Å². The summed E-state index contributed by atoms with van der Waals surface area (Å²) in [6, 6.07) is 8.62. The topological polar surface area (TPSA) is 43.8 Å². The molecule has 16 heavy (non-hydrogen) atoms. The third-order valence-electron chi connectivity index (χ3n) is 2.71. The molecule has 2 aromatic rings. The van der Waals surface area contributed by atoms with E-state index in [0.717, 1.165) is 9.39 Å². The Bertz CT molecular complexity index is 487. The predicted octanol–water partition coefficient (Wildman–Crippen LogP) is 2.99. The number of nitrogens with zero attached hydrogens (tertiary/aromatic N) is 2. The van der Waals surface area contributed by atoms with Gasteiger partial charge in [0.25, 0.3) is 0 Å². The van der Waals surface area contributed by atoms with Crippen molar-refractivity contribution in [2.24, 2.45) is 0 Å². The number of aromatic nitrogens is 2. The fraction of sp³-hybridized carbons (Fsp3) is 0.250. The van der Waals surface area contributed by atoms with Crippen LogP contribution in [0, 0.1) is 10.5 Å². The molecule has 84 valence electrons. The second-order valence-corrected chi connectivity index (χ2v) is 5.07. The summed E-state index contributed by atoms with van der Waals surface area (Å²) in [5.41, 5.74) is 8.45. The van der Waals surface area contributed by atoms with Crippen molar-refractivity contribution >= 4 is 28.4 Å². The van der Waals surface area contributed by atoms with Crippen LogP contribution >= 0.6 is 22.6 Å². The van der Waals surface area contributed by atoms with E-state index >= 15 is 0 Å². The third-order valence-corrected chi connectivity index (χ3v) is 3.54. The minimum atomic E-state index is 0.170. The summed E-state index contributed by atoms with van der Waals surface area (Å²) < 4.78 is 2.85. The maximum Gasteiger partial charge on any atom is 0.135 e. The van der Waals surface area contributed by atoms with Gasteiger partial charge in [-0.1, -0.05) is 29.8 Å². The van der Waals surface area contributed by atoms with Crippen molar-refractivity contribution in [2.75, 3.05) is 5.73 Å². The van der Waals surface area contributed by atoms with Gasteiger partial charge in [0.15, 0.2) is 0 Å². The molecule has 2 N–H and O–H groups in total. The van der Waals surface area contributed by atoms with Gasteiger partial charge in [-0.05, 0) is 42.0 Å². The molecule has 0 radical (unpaired) electrons. The molecule has 1 unspecified atom stereocenters.